The van der Waals surface area contributed by atoms with E-state index in [-0.39, 0.29) is 6.54 Å². The van der Waals surface area contributed by atoms with Gasteiger partial charge < -0.3 is 14.8 Å². The molecule has 0 aliphatic rings. The molecule has 0 rings (SSSR count). The molecule has 0 heterocycles. The zero-order chi connectivity index (χ0) is 11.2. The summed E-state index contributed by atoms with van der Waals surface area (Å²) < 4.78 is 4.49. The fraction of sp³-hybridized carbons (Fsp3) is 0.625. The van der Waals surface area contributed by atoms with Crippen LogP contribution in [-0.4, -0.2) is 32.1 Å². The van der Waals surface area contributed by atoms with Gasteiger partial charge in [-0.25, -0.2) is 0 Å². The van der Waals surface area contributed by atoms with Crippen LogP contribution in [0.2, 0.25) is 0 Å². The van der Waals surface area contributed by atoms with Gasteiger partial charge in [-0.2, -0.15) is 0 Å². The molecular weight excluding hydrogens is 185 g/mol. The molecule has 1 radical (unpaired) electrons. The Bertz CT molecular complexity index is 234. The first-order valence-corrected chi connectivity index (χ1v) is 4.13. The summed E-state index contributed by atoms with van der Waals surface area (Å²) in [6.07, 6.45) is 0.499. The van der Waals surface area contributed by atoms with Crippen LogP contribution in [0.4, 0.5) is 0 Å². The van der Waals surface area contributed by atoms with Gasteiger partial charge in [0.25, 0.3) is 7.41 Å². The summed E-state index contributed by atoms with van der Waals surface area (Å²) in [5.41, 5.74) is -0.704. The first-order chi connectivity index (χ1) is 6.38. The maximum Gasteiger partial charge on any atom is 0.326 e. The topological polar surface area (TPSA) is 72.5 Å². The van der Waals surface area contributed by atoms with Gasteiger partial charge in [-0.3, -0.25) is 9.59 Å². The van der Waals surface area contributed by atoms with E-state index in [1.54, 1.807) is 20.8 Å². The average Bonchev–Trinajstić information content (AvgIpc) is 2.03. The Hall–Kier alpha value is -1.17. The van der Waals surface area contributed by atoms with Crippen molar-refractivity contribution in [2.75, 3.05) is 6.54 Å². The van der Waals surface area contributed by atoms with Crippen LogP contribution in [0.5, 0.6) is 0 Å². The van der Waals surface area contributed by atoms with Crippen LogP contribution in [0.3, 0.4) is 0 Å². The second-order valence-corrected chi connectivity index (χ2v) is 3.70. The van der Waals surface area contributed by atoms with Crippen LogP contribution >= 0.6 is 0 Å². The first-order valence-electron chi connectivity index (χ1n) is 4.13. The van der Waals surface area contributed by atoms with E-state index in [0.717, 1.165) is 7.41 Å². The zero-order valence-corrected chi connectivity index (χ0v) is 8.49. The van der Waals surface area contributed by atoms with Crippen molar-refractivity contribution in [2.45, 2.75) is 20.8 Å². The minimum absolute atomic E-state index is 0.194. The number of ether oxygens (including phenoxy) is 1. The normalized spacial score (nSPS) is 10.5. The fourth-order valence-electron chi connectivity index (χ4n) is 0.483. The largest absolute Gasteiger partial charge is 0.392 e. The third kappa shape index (κ3) is 5.48. The lowest BCUT2D eigenvalue weighted by Gasteiger charge is -2.15. The van der Waals surface area contributed by atoms with Gasteiger partial charge in [0, 0.05) is 0 Å². The van der Waals surface area contributed by atoms with Crippen LogP contribution in [-0.2, 0) is 19.1 Å². The van der Waals surface area contributed by atoms with Crippen LogP contribution in [0.1, 0.15) is 20.8 Å². The molecule has 0 saturated carbocycles. The van der Waals surface area contributed by atoms with Gasteiger partial charge in [-0.1, -0.05) is 0 Å². The molecule has 5 nitrogen and oxygen atoms in total. The molecule has 0 fully saturated rings. The van der Waals surface area contributed by atoms with Gasteiger partial charge >= 0.3 is 11.9 Å². The quantitative estimate of drug-likeness (QED) is 0.217. The van der Waals surface area contributed by atoms with Gasteiger partial charge in [0.15, 0.2) is 0 Å². The minimum atomic E-state index is -0.706. The lowest BCUT2D eigenvalue weighted by atomic mass is 9.97. The molecule has 1 N–H and O–H groups in total. The lowest BCUT2D eigenvalue weighted by Crippen LogP contribution is -2.33. The van der Waals surface area contributed by atoms with Gasteiger partial charge in [-0.05, 0) is 20.8 Å². The van der Waals surface area contributed by atoms with Crippen molar-refractivity contribution in [2.24, 2.45) is 5.41 Å². The van der Waals surface area contributed by atoms with Crippen molar-refractivity contribution in [1.29, 1.82) is 0 Å². The standard InChI is InChI=1S/C8H13BNO4/c1-8(2,3)7(13)14-6(12)4-10-9-5-11/h5,10H,4H2,1-3H3. The Labute approximate surface area is 83.5 Å². The highest BCUT2D eigenvalue weighted by Gasteiger charge is 2.25. The predicted molar refractivity (Wildman–Crippen MR) is 51.1 cm³/mol. The molecular formula is C8H13BNO4. The smallest absolute Gasteiger partial charge is 0.326 e. The zero-order valence-electron chi connectivity index (χ0n) is 8.49. The molecule has 0 bridgehead atoms. The van der Waals surface area contributed by atoms with E-state index < -0.39 is 17.4 Å². The third-order valence-corrected chi connectivity index (χ3v) is 1.25. The van der Waals surface area contributed by atoms with Gasteiger partial charge in [-0.15, -0.1) is 0 Å². The molecule has 0 aliphatic heterocycles. The monoisotopic (exact) mass is 198 g/mol. The van der Waals surface area contributed by atoms with Crippen molar-refractivity contribution in [3.05, 3.63) is 0 Å². The predicted octanol–water partition coefficient (Wildman–Crippen LogP) is -0.499. The number of nitrogens with one attached hydrogen (secondary N) is 1. The highest BCUT2D eigenvalue weighted by Crippen LogP contribution is 2.14. The van der Waals surface area contributed by atoms with Crippen molar-refractivity contribution < 1.29 is 19.1 Å². The second kappa shape index (κ2) is 5.54. The molecule has 0 spiro atoms. The maximum atomic E-state index is 11.2. The van der Waals surface area contributed by atoms with E-state index in [9.17, 15) is 14.4 Å². The Kier molecular flexibility index (Phi) is 5.08. The van der Waals surface area contributed by atoms with Crippen molar-refractivity contribution in [1.82, 2.24) is 5.23 Å². The van der Waals surface area contributed by atoms with Crippen LogP contribution in [0.15, 0.2) is 0 Å². The number of hydrogen-bond donors (Lipinski definition) is 1. The molecule has 6 heteroatoms. The Balaban J connectivity index is 3.83. The van der Waals surface area contributed by atoms with Gasteiger partial charge in [0.05, 0.1) is 18.1 Å². The molecule has 0 aromatic rings. The maximum absolute atomic E-state index is 11.2. The summed E-state index contributed by atoms with van der Waals surface area (Å²) in [4.78, 5) is 31.9. The van der Waals surface area contributed by atoms with E-state index in [4.69, 9.17) is 0 Å². The first kappa shape index (κ1) is 12.8. The molecule has 0 aromatic carbocycles. The lowest BCUT2D eigenvalue weighted by molar-refractivity contribution is -0.164. The molecule has 14 heavy (non-hydrogen) atoms. The summed E-state index contributed by atoms with van der Waals surface area (Å²) in [5.74, 6) is -1.29. The van der Waals surface area contributed by atoms with Crippen LogP contribution < -0.4 is 5.23 Å². The summed E-state index contributed by atoms with van der Waals surface area (Å²) in [5, 5.41) is 2.37. The Morgan fingerprint density at radius 1 is 1.43 bits per heavy atom. The Morgan fingerprint density at radius 2 is 2.00 bits per heavy atom. The number of carbonyl (C=O) groups is 3. The molecule has 77 valence electrons. The van der Waals surface area contributed by atoms with E-state index >= 15 is 0 Å². The van der Waals surface area contributed by atoms with Crippen LogP contribution in [0, 0.1) is 5.41 Å². The molecule has 0 atom stereocenters. The van der Waals surface area contributed by atoms with E-state index in [1.165, 1.54) is 0 Å². The highest BCUT2D eigenvalue weighted by atomic mass is 16.6. The number of hydrogen-bond acceptors (Lipinski definition) is 5. The van der Waals surface area contributed by atoms with Crippen molar-refractivity contribution in [3.8, 4) is 0 Å². The number of carbonyl (C=O) groups excluding carboxylic acids is 3. The summed E-state index contributed by atoms with van der Waals surface area (Å²) in [6, 6.07) is 0. The molecule has 0 amide bonds. The molecule has 0 unspecified atom stereocenters. The van der Waals surface area contributed by atoms with Crippen LogP contribution in [0.25, 0.3) is 0 Å². The van der Waals surface area contributed by atoms with Gasteiger partial charge in [0.2, 0.25) is 0 Å². The summed E-state index contributed by atoms with van der Waals surface area (Å²) in [6.45, 7) is 4.75. The van der Waals surface area contributed by atoms with E-state index in [1.807, 2.05) is 0 Å². The van der Waals surface area contributed by atoms with Crippen molar-refractivity contribution in [3.63, 3.8) is 0 Å². The third-order valence-electron chi connectivity index (χ3n) is 1.25. The van der Waals surface area contributed by atoms with E-state index in [0.29, 0.717) is 6.19 Å². The second-order valence-electron chi connectivity index (χ2n) is 3.70. The Morgan fingerprint density at radius 3 is 2.43 bits per heavy atom. The molecule has 0 aromatic heterocycles. The van der Waals surface area contributed by atoms with Crippen molar-refractivity contribution >= 4 is 25.5 Å². The fourth-order valence-corrected chi connectivity index (χ4v) is 0.483. The number of esters is 2. The average molecular weight is 198 g/mol. The molecule has 0 aliphatic carbocycles. The van der Waals surface area contributed by atoms with Gasteiger partial charge in [0.1, 0.15) is 0 Å². The number of rotatable bonds is 4. The minimum Gasteiger partial charge on any atom is -0.392 e. The SMILES string of the molecule is CC(C)(C)C(=O)OC(=O)CN[B]C=O. The van der Waals surface area contributed by atoms with E-state index in [2.05, 4.69) is 9.96 Å². The molecule has 0 saturated heterocycles. The highest BCUT2D eigenvalue weighted by molar-refractivity contribution is 6.64. The summed E-state index contributed by atoms with van der Waals surface area (Å²) >= 11 is 0. The summed E-state index contributed by atoms with van der Waals surface area (Å²) in [7, 11) is 1.06.